The van der Waals surface area contributed by atoms with Crippen molar-refractivity contribution in [3.63, 3.8) is 0 Å². The van der Waals surface area contributed by atoms with Crippen molar-refractivity contribution in [3.8, 4) is 0 Å². The van der Waals surface area contributed by atoms with Gasteiger partial charge in [-0.2, -0.15) is 0 Å². The zero-order chi connectivity index (χ0) is 13.1. The van der Waals surface area contributed by atoms with E-state index >= 15 is 0 Å². The molecule has 2 heterocycles. The molecule has 0 aliphatic rings. The Bertz CT molecular complexity index is 651. The average molecular weight is 251 g/mol. The van der Waals surface area contributed by atoms with E-state index < -0.39 is 11.2 Å². The Kier molecular flexibility index (Phi) is 3.61. The molecule has 0 spiro atoms. The molecular weight excluding hydrogens is 234 g/mol. The third-order valence-corrected chi connectivity index (χ3v) is 2.80. The molecule has 98 valence electrons. The minimum absolute atomic E-state index is 0.342. The maximum atomic E-state index is 11.8. The number of nitrogens with two attached hydrogens (primary N) is 1. The second-order valence-corrected chi connectivity index (χ2v) is 4.19. The summed E-state index contributed by atoms with van der Waals surface area (Å²) in [7, 11) is 0. The number of nitrogens with one attached hydrogen (secondary N) is 2. The van der Waals surface area contributed by atoms with Crippen LogP contribution in [0.25, 0.3) is 11.2 Å². The summed E-state index contributed by atoms with van der Waals surface area (Å²) >= 11 is 0. The quantitative estimate of drug-likeness (QED) is 0.678. The summed E-state index contributed by atoms with van der Waals surface area (Å²) in [6.07, 6.45) is 2.38. The molecule has 0 aromatic carbocycles. The van der Waals surface area contributed by atoms with Gasteiger partial charge in [0.05, 0.1) is 0 Å². The van der Waals surface area contributed by atoms with E-state index in [1.807, 2.05) is 6.92 Å². The Morgan fingerprint density at radius 1 is 1.33 bits per heavy atom. The average Bonchev–Trinajstić information content (AvgIpc) is 2.73. The number of aromatic amines is 2. The topological polar surface area (TPSA) is 110 Å². The van der Waals surface area contributed by atoms with Crippen molar-refractivity contribution < 1.29 is 0 Å². The normalized spacial score (nSPS) is 11.2. The van der Waals surface area contributed by atoms with Gasteiger partial charge >= 0.3 is 5.69 Å². The van der Waals surface area contributed by atoms with E-state index in [1.165, 1.54) is 4.57 Å². The van der Waals surface area contributed by atoms with E-state index in [-0.39, 0.29) is 0 Å². The van der Waals surface area contributed by atoms with Crippen LogP contribution in [0.1, 0.15) is 25.6 Å². The van der Waals surface area contributed by atoms with Gasteiger partial charge in [-0.05, 0) is 13.0 Å². The van der Waals surface area contributed by atoms with E-state index in [0.29, 0.717) is 36.5 Å². The number of rotatable bonds is 5. The maximum absolute atomic E-state index is 11.8. The van der Waals surface area contributed by atoms with Crippen molar-refractivity contribution in [1.82, 2.24) is 19.5 Å². The van der Waals surface area contributed by atoms with Crippen LogP contribution in [-0.2, 0) is 13.0 Å². The van der Waals surface area contributed by atoms with Gasteiger partial charge in [-0.1, -0.05) is 13.3 Å². The molecule has 4 N–H and O–H groups in total. The van der Waals surface area contributed by atoms with E-state index in [1.54, 1.807) is 0 Å². The van der Waals surface area contributed by atoms with Crippen molar-refractivity contribution in [2.45, 2.75) is 32.7 Å². The van der Waals surface area contributed by atoms with Crippen LogP contribution < -0.4 is 17.0 Å². The molecule has 0 amide bonds. The summed E-state index contributed by atoms with van der Waals surface area (Å²) in [6.45, 7) is 3.03. The fourth-order valence-corrected chi connectivity index (χ4v) is 1.87. The molecule has 0 saturated carbocycles. The summed E-state index contributed by atoms with van der Waals surface area (Å²) in [5, 5.41) is 0. The standard InChI is InChI=1S/C11H17N5O2/c1-2-3-6-16-9-8(10(17)15-11(16)18)13-7(14-9)4-5-12/h2-6,12H2,1H3,(H,13,14)(H,15,17,18). The molecule has 0 bridgehead atoms. The highest BCUT2D eigenvalue weighted by atomic mass is 16.2. The third kappa shape index (κ3) is 2.21. The summed E-state index contributed by atoms with van der Waals surface area (Å²) in [5.74, 6) is 0.633. The van der Waals surface area contributed by atoms with E-state index in [0.717, 1.165) is 12.8 Å². The first-order valence-corrected chi connectivity index (χ1v) is 6.09. The number of fused-ring (bicyclic) bond motifs is 1. The highest BCUT2D eigenvalue weighted by Gasteiger charge is 2.12. The number of hydrogen-bond donors (Lipinski definition) is 3. The minimum atomic E-state index is -0.432. The third-order valence-electron chi connectivity index (χ3n) is 2.80. The Labute approximate surface area is 103 Å². The van der Waals surface area contributed by atoms with Crippen LogP contribution >= 0.6 is 0 Å². The number of aryl methyl sites for hydroxylation is 1. The molecule has 2 aromatic heterocycles. The van der Waals surface area contributed by atoms with E-state index in [2.05, 4.69) is 15.0 Å². The maximum Gasteiger partial charge on any atom is 0.330 e. The molecule has 0 saturated heterocycles. The van der Waals surface area contributed by atoms with Crippen LogP contribution in [0.15, 0.2) is 9.59 Å². The summed E-state index contributed by atoms with van der Waals surface area (Å²) in [4.78, 5) is 32.9. The summed E-state index contributed by atoms with van der Waals surface area (Å²) in [6, 6.07) is 0. The van der Waals surface area contributed by atoms with Crippen molar-refractivity contribution in [2.24, 2.45) is 5.73 Å². The summed E-state index contributed by atoms with van der Waals surface area (Å²) < 4.78 is 1.50. The largest absolute Gasteiger partial charge is 0.336 e. The Morgan fingerprint density at radius 2 is 2.11 bits per heavy atom. The van der Waals surface area contributed by atoms with Gasteiger partial charge in [-0.3, -0.25) is 14.3 Å². The predicted molar refractivity (Wildman–Crippen MR) is 68.6 cm³/mol. The second-order valence-electron chi connectivity index (χ2n) is 4.19. The molecule has 7 heteroatoms. The van der Waals surface area contributed by atoms with Crippen molar-refractivity contribution in [1.29, 1.82) is 0 Å². The van der Waals surface area contributed by atoms with Crippen LogP contribution in [0.4, 0.5) is 0 Å². The molecule has 2 rings (SSSR count). The molecule has 0 unspecified atom stereocenters. The van der Waals surface area contributed by atoms with Gasteiger partial charge in [0.15, 0.2) is 5.65 Å². The number of hydrogen-bond acceptors (Lipinski definition) is 4. The van der Waals surface area contributed by atoms with Gasteiger partial charge in [0, 0.05) is 13.0 Å². The minimum Gasteiger partial charge on any atom is -0.336 e. The van der Waals surface area contributed by atoms with Crippen LogP contribution in [0.5, 0.6) is 0 Å². The van der Waals surface area contributed by atoms with Gasteiger partial charge < -0.3 is 10.7 Å². The molecule has 0 fully saturated rings. The molecule has 0 atom stereocenters. The Balaban J connectivity index is 2.60. The lowest BCUT2D eigenvalue weighted by atomic mass is 10.3. The molecule has 2 aromatic rings. The van der Waals surface area contributed by atoms with Gasteiger partial charge in [0.25, 0.3) is 5.56 Å². The molecule has 0 aliphatic carbocycles. The van der Waals surface area contributed by atoms with E-state index in [9.17, 15) is 9.59 Å². The number of imidazole rings is 1. The number of nitrogens with zero attached hydrogens (tertiary/aromatic N) is 2. The molecular formula is C11H17N5O2. The number of unbranched alkanes of at least 4 members (excludes halogenated alkanes) is 1. The monoisotopic (exact) mass is 251 g/mol. The van der Waals surface area contributed by atoms with Crippen molar-refractivity contribution in [3.05, 3.63) is 26.7 Å². The van der Waals surface area contributed by atoms with Crippen molar-refractivity contribution >= 4 is 11.2 Å². The smallest absolute Gasteiger partial charge is 0.330 e. The Morgan fingerprint density at radius 3 is 2.78 bits per heavy atom. The van der Waals surface area contributed by atoms with Gasteiger partial charge in [0.1, 0.15) is 11.3 Å². The van der Waals surface area contributed by atoms with Crippen molar-refractivity contribution in [2.75, 3.05) is 6.54 Å². The first kappa shape index (κ1) is 12.6. The molecule has 0 aliphatic heterocycles. The van der Waals surface area contributed by atoms with Crippen LogP contribution in [0.2, 0.25) is 0 Å². The van der Waals surface area contributed by atoms with Crippen LogP contribution in [-0.4, -0.2) is 26.1 Å². The molecule has 0 radical (unpaired) electrons. The first-order valence-electron chi connectivity index (χ1n) is 6.09. The molecule has 18 heavy (non-hydrogen) atoms. The highest BCUT2D eigenvalue weighted by molar-refractivity contribution is 5.69. The zero-order valence-electron chi connectivity index (χ0n) is 10.3. The number of H-pyrrole nitrogens is 2. The van der Waals surface area contributed by atoms with Crippen LogP contribution in [0.3, 0.4) is 0 Å². The molecule has 7 nitrogen and oxygen atoms in total. The zero-order valence-corrected chi connectivity index (χ0v) is 10.3. The highest BCUT2D eigenvalue weighted by Crippen LogP contribution is 2.06. The summed E-state index contributed by atoms with van der Waals surface area (Å²) in [5.41, 5.74) is 5.37. The predicted octanol–water partition coefficient (Wildman–Crippen LogP) is -0.286. The van der Waals surface area contributed by atoms with Gasteiger partial charge in [-0.25, -0.2) is 9.78 Å². The number of aromatic nitrogens is 4. The van der Waals surface area contributed by atoms with E-state index in [4.69, 9.17) is 5.73 Å². The lowest BCUT2D eigenvalue weighted by Crippen LogP contribution is -2.30. The fraction of sp³-hybridized carbons (Fsp3) is 0.545. The fourth-order valence-electron chi connectivity index (χ4n) is 1.87. The van der Waals surface area contributed by atoms with Gasteiger partial charge in [0.2, 0.25) is 0 Å². The van der Waals surface area contributed by atoms with Crippen LogP contribution in [0, 0.1) is 0 Å². The Hall–Kier alpha value is -1.89. The second kappa shape index (κ2) is 5.18. The lowest BCUT2D eigenvalue weighted by molar-refractivity contribution is 0.613. The van der Waals surface area contributed by atoms with Gasteiger partial charge in [-0.15, -0.1) is 0 Å². The first-order chi connectivity index (χ1) is 8.67. The SMILES string of the molecule is CCCCn1c(=O)[nH]c(=O)c2[nH]c(CCN)nc21. The lowest BCUT2D eigenvalue weighted by Gasteiger charge is -2.03.